The molecule has 2 saturated heterocycles. The molecule has 2 N–H and O–H groups in total. The van der Waals surface area contributed by atoms with Crippen LogP contribution in [0.2, 0.25) is 0 Å². The standard InChI is InChI=1S/C31H33N7O5S/c1-19-18-44-27(32-19)23-11-8-14-37(23)28(40)21-15-22(33-24(16-21)38-13-7-6-12-25(38)39)26-35-36-29(43-26)31(2,34-30(41)42)17-20-9-4-3-5-10-20/h3-5,9-10,15-16,18,23,34H,6-8,11-14,17H2,1-2H3,(H,41,42)/t23-,31-/m1/s1. The van der Waals surface area contributed by atoms with Crippen LogP contribution < -0.4 is 10.2 Å². The van der Waals surface area contributed by atoms with Gasteiger partial charge in [-0.05, 0) is 57.2 Å². The highest BCUT2D eigenvalue weighted by atomic mass is 32.1. The normalized spacial score (nSPS) is 18.3. The zero-order valence-electron chi connectivity index (χ0n) is 24.5. The van der Waals surface area contributed by atoms with E-state index in [0.717, 1.165) is 41.9 Å². The van der Waals surface area contributed by atoms with Crippen molar-refractivity contribution in [1.29, 1.82) is 0 Å². The number of piperidine rings is 1. The topological polar surface area (TPSA) is 155 Å². The number of nitrogens with one attached hydrogen (secondary N) is 1. The molecule has 0 unspecified atom stereocenters. The van der Waals surface area contributed by atoms with Crippen LogP contribution >= 0.6 is 11.3 Å². The summed E-state index contributed by atoms with van der Waals surface area (Å²) >= 11 is 1.55. The van der Waals surface area contributed by atoms with Gasteiger partial charge in [-0.1, -0.05) is 30.3 Å². The Kier molecular flexibility index (Phi) is 8.13. The molecule has 0 radical (unpaired) electrons. The van der Waals surface area contributed by atoms with Crippen molar-refractivity contribution < 1.29 is 23.9 Å². The molecular formula is C31H33N7O5S. The number of hydrogen-bond donors (Lipinski definition) is 2. The molecule has 2 fully saturated rings. The van der Waals surface area contributed by atoms with Gasteiger partial charge >= 0.3 is 6.09 Å². The third-order valence-electron chi connectivity index (χ3n) is 7.99. The average Bonchev–Trinajstić information content (AvgIpc) is 3.78. The van der Waals surface area contributed by atoms with E-state index in [1.165, 1.54) is 0 Å². The zero-order chi connectivity index (χ0) is 30.8. The molecule has 3 amide bonds. The smallest absolute Gasteiger partial charge is 0.405 e. The summed E-state index contributed by atoms with van der Waals surface area (Å²) in [4.78, 5) is 51.5. The molecule has 5 heterocycles. The molecule has 4 aromatic rings. The van der Waals surface area contributed by atoms with Gasteiger partial charge < -0.3 is 19.7 Å². The number of likely N-dealkylation sites (tertiary alicyclic amines) is 1. The van der Waals surface area contributed by atoms with Crippen molar-refractivity contribution in [2.75, 3.05) is 18.0 Å². The summed E-state index contributed by atoms with van der Waals surface area (Å²) in [5.41, 5.74) is 1.12. The number of rotatable bonds is 8. The summed E-state index contributed by atoms with van der Waals surface area (Å²) in [6.45, 7) is 4.68. The first-order chi connectivity index (χ1) is 21.2. The van der Waals surface area contributed by atoms with Crippen molar-refractivity contribution in [3.05, 3.63) is 75.6 Å². The van der Waals surface area contributed by atoms with Crippen LogP contribution in [0, 0.1) is 6.92 Å². The van der Waals surface area contributed by atoms with Crippen molar-refractivity contribution in [3.63, 3.8) is 0 Å². The summed E-state index contributed by atoms with van der Waals surface area (Å²) in [7, 11) is 0. The van der Waals surface area contributed by atoms with Gasteiger partial charge in [0.2, 0.25) is 11.8 Å². The van der Waals surface area contributed by atoms with E-state index in [-0.39, 0.29) is 41.8 Å². The van der Waals surface area contributed by atoms with Crippen molar-refractivity contribution in [2.24, 2.45) is 0 Å². The van der Waals surface area contributed by atoms with Gasteiger partial charge in [-0.3, -0.25) is 14.5 Å². The molecule has 0 spiro atoms. The van der Waals surface area contributed by atoms with Crippen LogP contribution in [0.3, 0.4) is 0 Å². The highest BCUT2D eigenvalue weighted by Crippen LogP contribution is 2.36. The Labute approximate surface area is 258 Å². The van der Waals surface area contributed by atoms with Crippen LogP contribution in [0.1, 0.15) is 77.6 Å². The highest BCUT2D eigenvalue weighted by molar-refractivity contribution is 7.09. The molecular weight excluding hydrogens is 582 g/mol. The van der Waals surface area contributed by atoms with Gasteiger partial charge in [0.15, 0.2) is 0 Å². The molecule has 2 aliphatic rings. The Morgan fingerprint density at radius 3 is 2.66 bits per heavy atom. The molecule has 13 heteroatoms. The lowest BCUT2D eigenvalue weighted by Gasteiger charge is -2.27. The summed E-state index contributed by atoms with van der Waals surface area (Å²) in [5.74, 6) is 0.138. The fraction of sp³-hybridized carbons (Fsp3) is 0.387. The number of nitrogens with zero attached hydrogens (tertiary/aromatic N) is 6. The lowest BCUT2D eigenvalue weighted by molar-refractivity contribution is -0.119. The van der Waals surface area contributed by atoms with E-state index >= 15 is 0 Å². The monoisotopic (exact) mass is 615 g/mol. The summed E-state index contributed by atoms with van der Waals surface area (Å²) in [6.07, 6.45) is 2.71. The molecule has 12 nitrogen and oxygen atoms in total. The van der Waals surface area contributed by atoms with Gasteiger partial charge in [-0.15, -0.1) is 21.5 Å². The maximum absolute atomic E-state index is 14.1. The highest BCUT2D eigenvalue weighted by Gasteiger charge is 2.37. The number of anilines is 1. The van der Waals surface area contributed by atoms with E-state index < -0.39 is 11.6 Å². The number of aromatic nitrogens is 4. The first kappa shape index (κ1) is 29.4. The van der Waals surface area contributed by atoms with Gasteiger partial charge in [-0.25, -0.2) is 14.8 Å². The van der Waals surface area contributed by atoms with Crippen molar-refractivity contribution in [1.82, 2.24) is 30.4 Å². The number of benzene rings is 1. The number of hydrogen-bond acceptors (Lipinski definition) is 9. The molecule has 2 atom stereocenters. The minimum Gasteiger partial charge on any atom is -0.465 e. The molecule has 6 rings (SSSR count). The van der Waals surface area contributed by atoms with Gasteiger partial charge in [0.05, 0.1) is 6.04 Å². The Hall–Kier alpha value is -4.65. The van der Waals surface area contributed by atoms with Crippen LogP contribution in [0.5, 0.6) is 0 Å². The third kappa shape index (κ3) is 6.05. The SMILES string of the molecule is Cc1csc([C@H]2CCCN2C(=O)c2cc(-c3nnc([C@@](C)(Cc4ccccc4)NC(=O)O)o3)nc(N3CCCCC3=O)c2)n1. The predicted molar refractivity (Wildman–Crippen MR) is 162 cm³/mol. The van der Waals surface area contributed by atoms with E-state index in [2.05, 4.69) is 20.5 Å². The van der Waals surface area contributed by atoms with Gasteiger partial charge in [-0.2, -0.15) is 0 Å². The lowest BCUT2D eigenvalue weighted by Crippen LogP contribution is -2.44. The van der Waals surface area contributed by atoms with E-state index in [9.17, 15) is 19.5 Å². The third-order valence-corrected chi connectivity index (χ3v) is 9.06. The molecule has 228 valence electrons. The Morgan fingerprint density at radius 1 is 1.11 bits per heavy atom. The van der Waals surface area contributed by atoms with Crippen LogP contribution in [-0.4, -0.2) is 61.2 Å². The van der Waals surface area contributed by atoms with E-state index in [0.29, 0.717) is 30.9 Å². The van der Waals surface area contributed by atoms with Crippen molar-refractivity contribution in [3.8, 4) is 11.6 Å². The Balaban J connectivity index is 1.38. The second-order valence-electron chi connectivity index (χ2n) is 11.4. The number of aryl methyl sites for hydroxylation is 1. The summed E-state index contributed by atoms with van der Waals surface area (Å²) < 4.78 is 6.08. The number of amides is 3. The summed E-state index contributed by atoms with van der Waals surface area (Å²) in [5, 5.41) is 23.5. The second kappa shape index (κ2) is 12.2. The van der Waals surface area contributed by atoms with Crippen molar-refractivity contribution >= 4 is 35.1 Å². The van der Waals surface area contributed by atoms with Crippen molar-refractivity contribution in [2.45, 2.75) is 64.0 Å². The minimum atomic E-state index is -1.24. The fourth-order valence-electron chi connectivity index (χ4n) is 5.86. The number of carbonyl (C=O) groups excluding carboxylic acids is 2. The average molecular weight is 616 g/mol. The number of carbonyl (C=O) groups is 3. The molecule has 3 aromatic heterocycles. The Morgan fingerprint density at radius 2 is 1.93 bits per heavy atom. The molecule has 0 aliphatic carbocycles. The first-order valence-corrected chi connectivity index (χ1v) is 15.5. The first-order valence-electron chi connectivity index (χ1n) is 14.6. The number of thiazole rings is 1. The molecule has 0 bridgehead atoms. The van der Waals surface area contributed by atoms with Gasteiger partial charge in [0, 0.05) is 42.6 Å². The second-order valence-corrected chi connectivity index (χ2v) is 12.3. The zero-order valence-corrected chi connectivity index (χ0v) is 25.3. The quantitative estimate of drug-likeness (QED) is 0.275. The summed E-state index contributed by atoms with van der Waals surface area (Å²) in [6, 6.07) is 12.5. The van der Waals surface area contributed by atoms with Crippen LogP contribution in [-0.2, 0) is 16.8 Å². The van der Waals surface area contributed by atoms with Gasteiger partial charge in [0.1, 0.15) is 22.1 Å². The lowest BCUT2D eigenvalue weighted by atomic mass is 9.93. The number of pyridine rings is 1. The maximum atomic E-state index is 14.1. The van der Waals surface area contributed by atoms with E-state index in [1.807, 2.05) is 47.5 Å². The molecule has 2 aliphatic heterocycles. The molecule has 1 aromatic carbocycles. The predicted octanol–water partition coefficient (Wildman–Crippen LogP) is 5.12. The van der Waals surface area contributed by atoms with Crippen LogP contribution in [0.15, 0.2) is 52.3 Å². The molecule has 0 saturated carbocycles. The number of carboxylic acid groups (broad SMARTS) is 1. The fourth-order valence-corrected chi connectivity index (χ4v) is 6.80. The van der Waals surface area contributed by atoms with Crippen LogP contribution in [0.4, 0.5) is 10.6 Å². The van der Waals surface area contributed by atoms with E-state index in [4.69, 9.17) is 9.40 Å². The molecule has 44 heavy (non-hydrogen) atoms. The van der Waals surface area contributed by atoms with Crippen LogP contribution in [0.25, 0.3) is 11.6 Å². The van der Waals surface area contributed by atoms with Gasteiger partial charge in [0.25, 0.3) is 11.8 Å². The minimum absolute atomic E-state index is 0.0142. The Bertz CT molecular complexity index is 1690. The largest absolute Gasteiger partial charge is 0.465 e. The van der Waals surface area contributed by atoms with E-state index in [1.54, 1.807) is 35.3 Å². The maximum Gasteiger partial charge on any atom is 0.405 e.